The van der Waals surface area contributed by atoms with E-state index in [0.717, 1.165) is 0 Å². The van der Waals surface area contributed by atoms with Crippen molar-refractivity contribution in [1.82, 2.24) is 4.57 Å². The van der Waals surface area contributed by atoms with Gasteiger partial charge in [-0.15, -0.1) is 0 Å². The molecule has 0 bridgehead atoms. The van der Waals surface area contributed by atoms with Crippen molar-refractivity contribution < 1.29 is 0 Å². The van der Waals surface area contributed by atoms with Crippen molar-refractivity contribution in [3.8, 4) is 0 Å². The van der Waals surface area contributed by atoms with Crippen LogP contribution in [0.5, 0.6) is 0 Å². The Kier molecular flexibility index (Phi) is 1.71. The summed E-state index contributed by atoms with van der Waals surface area (Å²) in [4.78, 5) is 0. The minimum atomic E-state index is 1.26. The molecule has 12 heavy (non-hydrogen) atoms. The van der Waals surface area contributed by atoms with Crippen LogP contribution >= 0.6 is 0 Å². The van der Waals surface area contributed by atoms with Gasteiger partial charge in [-0.05, 0) is 17.4 Å². The molecule has 0 radical (unpaired) electrons. The van der Waals surface area contributed by atoms with Crippen molar-refractivity contribution in [3.05, 3.63) is 47.1 Å². The highest BCUT2D eigenvalue weighted by Crippen LogP contribution is 1.83. The number of nitrogens with zero attached hydrogens (tertiary/aromatic N) is 1. The third-order valence-corrected chi connectivity index (χ3v) is 2.02. The fourth-order valence-corrected chi connectivity index (χ4v) is 1.35. The van der Waals surface area contributed by atoms with Gasteiger partial charge in [0.25, 0.3) is 0 Å². The predicted molar refractivity (Wildman–Crippen MR) is 51.9 cm³/mol. The Hall–Kier alpha value is -1.50. The molecule has 60 valence electrons. The van der Waals surface area contributed by atoms with Crippen LogP contribution in [0.15, 0.2) is 36.6 Å². The summed E-state index contributed by atoms with van der Waals surface area (Å²) in [6.45, 7) is 0. The molecule has 1 aromatic rings. The van der Waals surface area contributed by atoms with Crippen molar-refractivity contribution in [2.45, 2.75) is 0 Å². The molecule has 0 aromatic carbocycles. The van der Waals surface area contributed by atoms with Crippen LogP contribution in [0.3, 0.4) is 0 Å². The molecular formula is C11H11N. The number of hydrogen-bond acceptors (Lipinski definition) is 0. The topological polar surface area (TPSA) is 4.93 Å². The first kappa shape index (κ1) is 7.17. The van der Waals surface area contributed by atoms with Crippen LogP contribution in [0, 0.1) is 0 Å². The first-order valence-corrected chi connectivity index (χ1v) is 4.05. The van der Waals surface area contributed by atoms with Crippen LogP contribution in [0.2, 0.25) is 0 Å². The summed E-state index contributed by atoms with van der Waals surface area (Å²) in [6.07, 6.45) is 14.5. The average Bonchev–Trinajstić information content (AvgIpc) is 2.31. The predicted octanol–water partition coefficient (Wildman–Crippen LogP) is 0.712. The van der Waals surface area contributed by atoms with Gasteiger partial charge < -0.3 is 4.57 Å². The highest BCUT2D eigenvalue weighted by Gasteiger charge is 1.88. The second-order valence-corrected chi connectivity index (χ2v) is 2.87. The summed E-state index contributed by atoms with van der Waals surface area (Å²) < 4.78 is 2.12. The van der Waals surface area contributed by atoms with E-state index >= 15 is 0 Å². The lowest BCUT2D eigenvalue weighted by Gasteiger charge is -1.89. The molecule has 0 saturated carbocycles. The normalized spacial score (nSPS) is 14.1. The maximum absolute atomic E-state index is 2.12. The minimum absolute atomic E-state index is 1.26. The van der Waals surface area contributed by atoms with E-state index in [9.17, 15) is 0 Å². The molecule has 0 spiro atoms. The summed E-state index contributed by atoms with van der Waals surface area (Å²) in [7, 11) is 2.06. The minimum Gasteiger partial charge on any atom is -0.351 e. The zero-order chi connectivity index (χ0) is 8.39. The quantitative estimate of drug-likeness (QED) is 0.523. The van der Waals surface area contributed by atoms with E-state index in [1.165, 1.54) is 10.6 Å². The third kappa shape index (κ3) is 1.14. The Morgan fingerprint density at radius 1 is 1.00 bits per heavy atom. The molecule has 0 fully saturated rings. The summed E-state index contributed by atoms with van der Waals surface area (Å²) in [5, 5.41) is 2.54. The Morgan fingerprint density at radius 3 is 2.58 bits per heavy atom. The molecule has 0 saturated heterocycles. The Labute approximate surface area is 71.6 Å². The van der Waals surface area contributed by atoms with E-state index in [2.05, 4.69) is 48.2 Å². The molecule has 1 aromatic heterocycles. The first-order chi connectivity index (χ1) is 5.88. The second-order valence-electron chi connectivity index (χ2n) is 2.87. The van der Waals surface area contributed by atoms with Crippen LogP contribution in [-0.2, 0) is 7.05 Å². The van der Waals surface area contributed by atoms with Gasteiger partial charge in [0.2, 0.25) is 0 Å². The molecule has 0 atom stereocenters. The van der Waals surface area contributed by atoms with Gasteiger partial charge >= 0.3 is 0 Å². The molecule has 1 aliphatic rings. The number of fused-ring (bicyclic) bond motifs is 1. The molecule has 1 aliphatic carbocycles. The Morgan fingerprint density at radius 2 is 1.75 bits per heavy atom. The van der Waals surface area contributed by atoms with Crippen LogP contribution in [0.4, 0.5) is 0 Å². The van der Waals surface area contributed by atoms with E-state index in [-0.39, 0.29) is 0 Å². The molecule has 0 amide bonds. The molecule has 1 heteroatoms. The fraction of sp³-hybridized carbons (Fsp3) is 0.0909. The van der Waals surface area contributed by atoms with Crippen LogP contribution in [0.25, 0.3) is 12.2 Å². The van der Waals surface area contributed by atoms with Crippen molar-refractivity contribution >= 4 is 12.2 Å². The zero-order valence-corrected chi connectivity index (χ0v) is 7.07. The largest absolute Gasteiger partial charge is 0.351 e. The van der Waals surface area contributed by atoms with Crippen LogP contribution in [0.1, 0.15) is 0 Å². The lowest BCUT2D eigenvalue weighted by molar-refractivity contribution is 0.889. The van der Waals surface area contributed by atoms with Gasteiger partial charge in [0, 0.05) is 18.6 Å². The number of aromatic nitrogens is 1. The SMILES string of the molecule is Cn1ccc2c1=CC=CC=CC=2. The summed E-state index contributed by atoms with van der Waals surface area (Å²) in [5.74, 6) is 0. The third-order valence-electron chi connectivity index (χ3n) is 2.02. The lowest BCUT2D eigenvalue weighted by atomic mass is 10.3. The monoisotopic (exact) mass is 157 g/mol. The van der Waals surface area contributed by atoms with Crippen molar-refractivity contribution in [2.75, 3.05) is 0 Å². The fourth-order valence-electron chi connectivity index (χ4n) is 1.35. The molecule has 1 nitrogen and oxygen atoms in total. The van der Waals surface area contributed by atoms with Gasteiger partial charge in [0.1, 0.15) is 0 Å². The maximum Gasteiger partial charge on any atom is 0.0477 e. The van der Waals surface area contributed by atoms with Crippen LogP contribution in [-0.4, -0.2) is 4.57 Å². The van der Waals surface area contributed by atoms with E-state index in [1.54, 1.807) is 0 Å². The smallest absolute Gasteiger partial charge is 0.0477 e. The van der Waals surface area contributed by atoms with Gasteiger partial charge in [-0.2, -0.15) is 0 Å². The van der Waals surface area contributed by atoms with Gasteiger partial charge in [-0.3, -0.25) is 0 Å². The van der Waals surface area contributed by atoms with Crippen molar-refractivity contribution in [1.29, 1.82) is 0 Å². The number of hydrogen-bond donors (Lipinski definition) is 0. The van der Waals surface area contributed by atoms with Gasteiger partial charge in [-0.25, -0.2) is 0 Å². The van der Waals surface area contributed by atoms with E-state index in [1.807, 2.05) is 12.2 Å². The molecular weight excluding hydrogens is 146 g/mol. The molecule has 0 unspecified atom stereocenters. The van der Waals surface area contributed by atoms with E-state index in [0.29, 0.717) is 0 Å². The number of allylic oxidation sites excluding steroid dienone is 4. The number of aryl methyl sites for hydroxylation is 1. The molecule has 0 aliphatic heterocycles. The van der Waals surface area contributed by atoms with Crippen molar-refractivity contribution in [3.63, 3.8) is 0 Å². The molecule has 1 heterocycles. The molecule has 0 N–H and O–H groups in total. The highest BCUT2D eigenvalue weighted by molar-refractivity contribution is 5.46. The second kappa shape index (κ2) is 2.86. The standard InChI is InChI=1S/C11H11N/c1-12-9-8-10-6-4-2-3-5-7-11(10)12/h2-9H,1H3. The zero-order valence-electron chi connectivity index (χ0n) is 7.07. The number of rotatable bonds is 0. The summed E-state index contributed by atoms with van der Waals surface area (Å²) in [6, 6.07) is 2.12. The highest BCUT2D eigenvalue weighted by atomic mass is 14.9. The lowest BCUT2D eigenvalue weighted by Crippen LogP contribution is -2.26. The van der Waals surface area contributed by atoms with Crippen LogP contribution < -0.4 is 10.6 Å². The van der Waals surface area contributed by atoms with Gasteiger partial charge in [-0.1, -0.05) is 30.4 Å². The van der Waals surface area contributed by atoms with E-state index in [4.69, 9.17) is 0 Å². The first-order valence-electron chi connectivity index (χ1n) is 4.05. The van der Waals surface area contributed by atoms with Gasteiger partial charge in [0.05, 0.1) is 0 Å². The summed E-state index contributed by atoms with van der Waals surface area (Å²) in [5.41, 5.74) is 0. The Balaban J connectivity index is 2.83. The molecule has 2 rings (SSSR count). The van der Waals surface area contributed by atoms with E-state index < -0.39 is 0 Å². The Bertz CT molecular complexity index is 444. The summed E-state index contributed by atoms with van der Waals surface area (Å²) >= 11 is 0. The van der Waals surface area contributed by atoms with Crippen molar-refractivity contribution in [2.24, 2.45) is 7.05 Å². The van der Waals surface area contributed by atoms with Gasteiger partial charge in [0.15, 0.2) is 0 Å². The average molecular weight is 157 g/mol. The maximum atomic E-state index is 2.12.